The maximum atomic E-state index is 12.3. The number of alkyl halides is 3. The van der Waals surface area contributed by atoms with Gasteiger partial charge >= 0.3 is 6.18 Å². The second-order valence-corrected chi connectivity index (χ2v) is 6.33. The molecule has 1 saturated heterocycles. The molecule has 0 amide bonds. The molecule has 2 nitrogen and oxygen atoms in total. The standard InChI is InChI=1S/C15H29F3N2/c1-5-13(4)11-19-14(6-2,7-3)12-20(13)10-8-9-15(16,17)18/h19H,5-12H2,1-4H3. The summed E-state index contributed by atoms with van der Waals surface area (Å²) in [7, 11) is 0. The number of nitrogens with zero attached hydrogens (tertiary/aromatic N) is 1. The highest BCUT2D eigenvalue weighted by atomic mass is 19.4. The van der Waals surface area contributed by atoms with Gasteiger partial charge in [-0.05, 0) is 39.2 Å². The van der Waals surface area contributed by atoms with Crippen molar-refractivity contribution in [3.05, 3.63) is 0 Å². The highest BCUT2D eigenvalue weighted by Gasteiger charge is 2.42. The zero-order chi connectivity index (χ0) is 15.4. The van der Waals surface area contributed by atoms with Crippen molar-refractivity contribution in [2.45, 2.75) is 77.1 Å². The van der Waals surface area contributed by atoms with Gasteiger partial charge in [-0.15, -0.1) is 0 Å². The summed E-state index contributed by atoms with van der Waals surface area (Å²) >= 11 is 0. The quantitative estimate of drug-likeness (QED) is 0.797. The van der Waals surface area contributed by atoms with E-state index in [0.29, 0.717) is 6.54 Å². The Morgan fingerprint density at radius 3 is 2.15 bits per heavy atom. The van der Waals surface area contributed by atoms with Gasteiger partial charge in [0.1, 0.15) is 0 Å². The van der Waals surface area contributed by atoms with E-state index in [4.69, 9.17) is 0 Å². The molecule has 20 heavy (non-hydrogen) atoms. The Hall–Kier alpha value is -0.290. The third kappa shape index (κ3) is 4.35. The fraction of sp³-hybridized carbons (Fsp3) is 1.00. The minimum Gasteiger partial charge on any atom is -0.308 e. The molecule has 1 atom stereocenters. The lowest BCUT2D eigenvalue weighted by molar-refractivity contribution is -0.137. The monoisotopic (exact) mass is 294 g/mol. The zero-order valence-corrected chi connectivity index (χ0v) is 13.2. The summed E-state index contributed by atoms with van der Waals surface area (Å²) < 4.78 is 37.0. The molecule has 0 aromatic carbocycles. The van der Waals surface area contributed by atoms with E-state index in [0.717, 1.165) is 32.4 Å². The molecule has 1 fully saturated rings. The van der Waals surface area contributed by atoms with Crippen LogP contribution in [0.2, 0.25) is 0 Å². The van der Waals surface area contributed by atoms with Crippen LogP contribution in [0.5, 0.6) is 0 Å². The summed E-state index contributed by atoms with van der Waals surface area (Å²) in [5.41, 5.74) is 0.0341. The fourth-order valence-corrected chi connectivity index (χ4v) is 2.99. The van der Waals surface area contributed by atoms with E-state index in [2.05, 4.69) is 37.9 Å². The minimum atomic E-state index is -4.04. The molecule has 0 aromatic rings. The first-order chi connectivity index (χ1) is 9.20. The summed E-state index contributed by atoms with van der Waals surface area (Å²) in [5.74, 6) is 0. The Kier molecular flexibility index (Phi) is 5.90. The molecular formula is C15H29F3N2. The van der Waals surface area contributed by atoms with E-state index in [9.17, 15) is 13.2 Å². The Labute approximate surface area is 121 Å². The Bertz CT molecular complexity index is 300. The summed E-state index contributed by atoms with van der Waals surface area (Å²) in [6.45, 7) is 10.8. The van der Waals surface area contributed by atoms with Gasteiger partial charge in [-0.25, -0.2) is 0 Å². The number of hydrogen-bond acceptors (Lipinski definition) is 2. The Morgan fingerprint density at radius 2 is 1.70 bits per heavy atom. The van der Waals surface area contributed by atoms with Crippen LogP contribution in [0.15, 0.2) is 0 Å². The van der Waals surface area contributed by atoms with Gasteiger partial charge < -0.3 is 5.32 Å². The van der Waals surface area contributed by atoms with Crippen LogP contribution < -0.4 is 5.32 Å². The summed E-state index contributed by atoms with van der Waals surface area (Å²) in [4.78, 5) is 2.28. The number of halogens is 3. The van der Waals surface area contributed by atoms with Crippen LogP contribution >= 0.6 is 0 Å². The van der Waals surface area contributed by atoms with Gasteiger partial charge in [0.2, 0.25) is 0 Å². The van der Waals surface area contributed by atoms with E-state index in [-0.39, 0.29) is 17.5 Å². The molecule has 0 bridgehead atoms. The first-order valence-corrected chi connectivity index (χ1v) is 7.77. The largest absolute Gasteiger partial charge is 0.389 e. The van der Waals surface area contributed by atoms with E-state index in [1.807, 2.05) is 0 Å². The SMILES string of the molecule is CCC1(CC)CN(CCCC(F)(F)F)C(C)(CC)CN1. The van der Waals surface area contributed by atoms with Gasteiger partial charge in [0, 0.05) is 30.6 Å². The molecule has 1 aliphatic rings. The number of rotatable bonds is 6. The first kappa shape index (κ1) is 17.8. The lowest BCUT2D eigenvalue weighted by Crippen LogP contribution is -2.68. The molecule has 1 N–H and O–H groups in total. The van der Waals surface area contributed by atoms with Crippen LogP contribution in [0.4, 0.5) is 13.2 Å². The van der Waals surface area contributed by atoms with Gasteiger partial charge in [-0.2, -0.15) is 13.2 Å². The maximum Gasteiger partial charge on any atom is 0.389 e. The molecule has 120 valence electrons. The minimum absolute atomic E-state index is 0.0283. The number of hydrogen-bond donors (Lipinski definition) is 1. The molecule has 0 saturated carbocycles. The lowest BCUT2D eigenvalue weighted by atomic mass is 9.83. The van der Waals surface area contributed by atoms with Crippen molar-refractivity contribution < 1.29 is 13.2 Å². The van der Waals surface area contributed by atoms with E-state index < -0.39 is 12.6 Å². The molecule has 1 rings (SSSR count). The number of piperazine rings is 1. The van der Waals surface area contributed by atoms with Crippen molar-refractivity contribution >= 4 is 0 Å². The lowest BCUT2D eigenvalue weighted by Gasteiger charge is -2.53. The molecule has 0 aliphatic carbocycles. The van der Waals surface area contributed by atoms with Crippen LogP contribution in [0.3, 0.4) is 0 Å². The number of nitrogens with one attached hydrogen (secondary N) is 1. The van der Waals surface area contributed by atoms with Crippen LogP contribution in [-0.4, -0.2) is 41.8 Å². The van der Waals surface area contributed by atoms with Crippen molar-refractivity contribution in [2.24, 2.45) is 0 Å². The summed E-state index contributed by atoms with van der Waals surface area (Å²) in [6, 6.07) is 0. The van der Waals surface area contributed by atoms with Crippen LogP contribution in [0.1, 0.15) is 59.8 Å². The molecule has 1 heterocycles. The normalized spacial score (nSPS) is 27.8. The van der Waals surface area contributed by atoms with Gasteiger partial charge in [-0.3, -0.25) is 4.90 Å². The summed E-state index contributed by atoms with van der Waals surface area (Å²) in [6.07, 6.45) is -1.54. The van der Waals surface area contributed by atoms with Gasteiger partial charge in [0.25, 0.3) is 0 Å². The van der Waals surface area contributed by atoms with Crippen LogP contribution in [0, 0.1) is 0 Å². The third-order valence-electron chi connectivity index (χ3n) is 5.10. The van der Waals surface area contributed by atoms with E-state index in [1.54, 1.807) is 0 Å². The Morgan fingerprint density at radius 1 is 1.10 bits per heavy atom. The van der Waals surface area contributed by atoms with Gasteiger partial charge in [0.15, 0.2) is 0 Å². The molecular weight excluding hydrogens is 265 g/mol. The highest BCUT2D eigenvalue weighted by Crippen LogP contribution is 2.31. The molecule has 0 aromatic heterocycles. The van der Waals surface area contributed by atoms with Gasteiger partial charge in [0.05, 0.1) is 0 Å². The van der Waals surface area contributed by atoms with Crippen molar-refractivity contribution in [1.29, 1.82) is 0 Å². The summed E-state index contributed by atoms with van der Waals surface area (Å²) in [5, 5.41) is 3.65. The topological polar surface area (TPSA) is 15.3 Å². The third-order valence-corrected chi connectivity index (χ3v) is 5.10. The second kappa shape index (κ2) is 6.65. The second-order valence-electron chi connectivity index (χ2n) is 6.33. The molecule has 1 unspecified atom stereocenters. The molecule has 0 spiro atoms. The van der Waals surface area contributed by atoms with E-state index >= 15 is 0 Å². The fourth-order valence-electron chi connectivity index (χ4n) is 2.99. The van der Waals surface area contributed by atoms with Crippen molar-refractivity contribution in [1.82, 2.24) is 10.2 Å². The van der Waals surface area contributed by atoms with Crippen LogP contribution in [-0.2, 0) is 0 Å². The van der Waals surface area contributed by atoms with Gasteiger partial charge in [-0.1, -0.05) is 20.8 Å². The predicted octanol–water partition coefficient (Wildman–Crippen LogP) is 3.96. The van der Waals surface area contributed by atoms with Crippen molar-refractivity contribution in [2.75, 3.05) is 19.6 Å². The average Bonchev–Trinajstić information content (AvgIpc) is 2.40. The van der Waals surface area contributed by atoms with E-state index in [1.165, 1.54) is 0 Å². The zero-order valence-electron chi connectivity index (χ0n) is 13.2. The molecule has 1 aliphatic heterocycles. The first-order valence-electron chi connectivity index (χ1n) is 7.77. The molecule has 5 heteroatoms. The molecule has 0 radical (unpaired) electrons. The van der Waals surface area contributed by atoms with Crippen molar-refractivity contribution in [3.8, 4) is 0 Å². The average molecular weight is 294 g/mol. The van der Waals surface area contributed by atoms with Crippen molar-refractivity contribution in [3.63, 3.8) is 0 Å². The van der Waals surface area contributed by atoms with Crippen LogP contribution in [0.25, 0.3) is 0 Å². The maximum absolute atomic E-state index is 12.3. The Balaban J connectivity index is 2.69. The smallest absolute Gasteiger partial charge is 0.308 e. The highest BCUT2D eigenvalue weighted by molar-refractivity contribution is 5.02. The predicted molar refractivity (Wildman–Crippen MR) is 76.9 cm³/mol.